The third-order valence-electron chi connectivity index (χ3n) is 8.67. The number of aliphatic hydroxyl groups is 1. The molecule has 1 saturated heterocycles. The molecule has 3 heteroatoms. The first-order valence-electron chi connectivity index (χ1n) is 12.9. The van der Waals surface area contributed by atoms with Gasteiger partial charge in [-0.3, -0.25) is 0 Å². The van der Waals surface area contributed by atoms with E-state index in [1.807, 2.05) is 13.8 Å². The minimum absolute atomic E-state index is 0.0355. The quantitative estimate of drug-likeness (QED) is 0.524. The SMILES string of the molecule is CC1(C)O[C@@H]2C3=C4C(CCC[C@@]42O1)[C@@H]1CCCC/C1=C(C#CC1=CCCCC1)/C=C\3CO. The molecule has 3 nitrogen and oxygen atoms in total. The summed E-state index contributed by atoms with van der Waals surface area (Å²) in [7, 11) is 0. The molecule has 0 aromatic carbocycles. The van der Waals surface area contributed by atoms with Gasteiger partial charge in [-0.1, -0.05) is 29.9 Å². The Kier molecular flexibility index (Phi) is 5.06. The van der Waals surface area contributed by atoms with Gasteiger partial charge in [0.15, 0.2) is 5.79 Å². The molecule has 0 aromatic heterocycles. The number of hydrogen-bond acceptors (Lipinski definition) is 3. The average molecular weight is 433 g/mol. The Bertz CT molecular complexity index is 1010. The Morgan fingerprint density at radius 2 is 1.88 bits per heavy atom. The highest BCUT2D eigenvalue weighted by atomic mass is 16.8. The molecule has 1 spiro atoms. The molecule has 0 aromatic rings. The van der Waals surface area contributed by atoms with Crippen LogP contribution in [0.1, 0.15) is 84.5 Å². The summed E-state index contributed by atoms with van der Waals surface area (Å²) in [6, 6.07) is 0. The molecule has 1 N–H and O–H groups in total. The van der Waals surface area contributed by atoms with E-state index in [0.717, 1.165) is 31.3 Å². The van der Waals surface area contributed by atoms with Crippen LogP contribution in [0.5, 0.6) is 0 Å². The fourth-order valence-electron chi connectivity index (χ4n) is 7.49. The van der Waals surface area contributed by atoms with Crippen molar-refractivity contribution in [1.82, 2.24) is 0 Å². The molecule has 0 radical (unpaired) electrons. The zero-order chi connectivity index (χ0) is 21.9. The van der Waals surface area contributed by atoms with Crippen LogP contribution in [0.3, 0.4) is 0 Å². The Balaban J connectivity index is 1.50. The smallest absolute Gasteiger partial charge is 0.165 e. The van der Waals surface area contributed by atoms with Crippen molar-refractivity contribution in [1.29, 1.82) is 0 Å². The van der Waals surface area contributed by atoms with E-state index in [1.54, 1.807) is 5.57 Å². The summed E-state index contributed by atoms with van der Waals surface area (Å²) in [6.45, 7) is 4.12. The predicted molar refractivity (Wildman–Crippen MR) is 126 cm³/mol. The maximum Gasteiger partial charge on any atom is 0.165 e. The van der Waals surface area contributed by atoms with Crippen LogP contribution in [0.25, 0.3) is 0 Å². The molecule has 1 aliphatic heterocycles. The van der Waals surface area contributed by atoms with E-state index in [2.05, 4.69) is 24.0 Å². The fraction of sp³-hybridized carbons (Fsp3) is 0.655. The summed E-state index contributed by atoms with van der Waals surface area (Å²) in [5.74, 6) is 7.62. The molecule has 32 heavy (non-hydrogen) atoms. The van der Waals surface area contributed by atoms with Crippen LogP contribution in [0.4, 0.5) is 0 Å². The van der Waals surface area contributed by atoms with Gasteiger partial charge in [0.05, 0.1) is 6.61 Å². The lowest BCUT2D eigenvalue weighted by molar-refractivity contribution is -0.157. The van der Waals surface area contributed by atoms with Crippen molar-refractivity contribution in [2.24, 2.45) is 11.8 Å². The van der Waals surface area contributed by atoms with Crippen molar-refractivity contribution >= 4 is 0 Å². The van der Waals surface area contributed by atoms with E-state index in [4.69, 9.17) is 9.47 Å². The molecule has 3 fully saturated rings. The first kappa shape index (κ1) is 21.0. The highest BCUT2D eigenvalue weighted by Gasteiger charge is 2.67. The van der Waals surface area contributed by atoms with Gasteiger partial charge in [0.1, 0.15) is 11.7 Å². The molecule has 1 unspecified atom stereocenters. The standard InChI is InChI=1S/C29H36O3/c1-28(2)31-27-25-21(18-30)17-20(15-14-19-9-4-3-5-10-19)22-11-6-7-12-23(22)24-13-8-16-29(27,32-28)26(24)25/h9,17,23-24,27,30H,3-8,10-13,16,18H2,1-2H3/b21-17-,22-20-/t23-,24?,27-,29-/m1/s1. The Morgan fingerprint density at radius 1 is 1.03 bits per heavy atom. The summed E-state index contributed by atoms with van der Waals surface area (Å²) < 4.78 is 13.1. The van der Waals surface area contributed by atoms with E-state index < -0.39 is 5.79 Å². The van der Waals surface area contributed by atoms with Crippen molar-refractivity contribution in [3.63, 3.8) is 0 Å². The summed E-state index contributed by atoms with van der Waals surface area (Å²) in [5.41, 5.74) is 7.46. The lowest BCUT2D eigenvalue weighted by Crippen LogP contribution is -2.58. The van der Waals surface area contributed by atoms with Gasteiger partial charge >= 0.3 is 0 Å². The van der Waals surface area contributed by atoms with E-state index in [1.165, 1.54) is 67.2 Å². The van der Waals surface area contributed by atoms with Crippen LogP contribution in [0, 0.1) is 23.7 Å². The van der Waals surface area contributed by atoms with E-state index in [9.17, 15) is 5.11 Å². The molecular formula is C29H36O3. The van der Waals surface area contributed by atoms with Gasteiger partial charge in [0.2, 0.25) is 0 Å². The van der Waals surface area contributed by atoms with Gasteiger partial charge in [-0.25, -0.2) is 0 Å². The molecule has 170 valence electrons. The summed E-state index contributed by atoms with van der Waals surface area (Å²) in [5, 5.41) is 10.5. The second kappa shape index (κ2) is 7.73. The maximum atomic E-state index is 10.5. The number of rotatable bonds is 1. The van der Waals surface area contributed by atoms with Crippen LogP contribution >= 0.6 is 0 Å². The summed E-state index contributed by atoms with van der Waals surface area (Å²) in [4.78, 5) is 0. The lowest BCUT2D eigenvalue weighted by atomic mass is 9.53. The van der Waals surface area contributed by atoms with Crippen LogP contribution < -0.4 is 0 Å². The van der Waals surface area contributed by atoms with Gasteiger partial charge in [-0.05, 0) is 118 Å². The molecular weight excluding hydrogens is 396 g/mol. The molecule has 6 aliphatic rings. The molecule has 6 rings (SSSR count). The highest BCUT2D eigenvalue weighted by Crippen LogP contribution is 2.64. The van der Waals surface area contributed by atoms with Crippen LogP contribution in [0.2, 0.25) is 0 Å². The molecule has 4 atom stereocenters. The third kappa shape index (κ3) is 3.14. The van der Waals surface area contributed by atoms with Crippen LogP contribution in [-0.4, -0.2) is 29.2 Å². The number of ether oxygens (including phenoxy) is 2. The van der Waals surface area contributed by atoms with Crippen molar-refractivity contribution < 1.29 is 14.6 Å². The number of allylic oxidation sites excluding steroid dienone is 5. The van der Waals surface area contributed by atoms with Crippen molar-refractivity contribution in [3.05, 3.63) is 45.6 Å². The lowest BCUT2D eigenvalue weighted by Gasteiger charge is -2.55. The van der Waals surface area contributed by atoms with Gasteiger partial charge in [-0.2, -0.15) is 0 Å². The summed E-state index contributed by atoms with van der Waals surface area (Å²) >= 11 is 0. The third-order valence-corrected chi connectivity index (χ3v) is 8.67. The zero-order valence-corrected chi connectivity index (χ0v) is 19.6. The Morgan fingerprint density at radius 3 is 2.69 bits per heavy atom. The van der Waals surface area contributed by atoms with Crippen LogP contribution in [0.15, 0.2) is 45.6 Å². The fourth-order valence-corrected chi connectivity index (χ4v) is 7.49. The Hall–Kier alpha value is -1.60. The zero-order valence-electron chi connectivity index (χ0n) is 19.6. The number of aliphatic hydroxyl groups excluding tert-OH is 1. The first-order valence-corrected chi connectivity index (χ1v) is 12.9. The summed E-state index contributed by atoms with van der Waals surface area (Å²) in [6.07, 6.45) is 17.7. The monoisotopic (exact) mass is 432 g/mol. The average Bonchev–Trinajstić information content (AvgIpc) is 2.99. The second-order valence-corrected chi connectivity index (χ2v) is 11.1. The van der Waals surface area contributed by atoms with E-state index in [0.29, 0.717) is 11.8 Å². The normalized spacial score (nSPS) is 41.4. The van der Waals surface area contributed by atoms with E-state index >= 15 is 0 Å². The molecule has 5 aliphatic carbocycles. The number of fused-ring (bicyclic) bond motifs is 3. The van der Waals surface area contributed by atoms with Gasteiger partial charge in [-0.15, -0.1) is 0 Å². The Labute approximate surface area is 192 Å². The molecule has 1 heterocycles. The largest absolute Gasteiger partial charge is 0.392 e. The number of hydrogen-bond donors (Lipinski definition) is 1. The first-order chi connectivity index (χ1) is 15.5. The van der Waals surface area contributed by atoms with Crippen molar-refractivity contribution in [3.8, 4) is 11.8 Å². The van der Waals surface area contributed by atoms with Gasteiger partial charge in [0.25, 0.3) is 0 Å². The second-order valence-electron chi connectivity index (χ2n) is 11.1. The minimum atomic E-state index is -0.576. The van der Waals surface area contributed by atoms with Crippen molar-refractivity contribution in [2.75, 3.05) is 6.61 Å². The minimum Gasteiger partial charge on any atom is -0.392 e. The highest BCUT2D eigenvalue weighted by molar-refractivity contribution is 5.62. The maximum absolute atomic E-state index is 10.5. The molecule has 0 amide bonds. The van der Waals surface area contributed by atoms with Crippen molar-refractivity contribution in [2.45, 2.75) is 102 Å². The van der Waals surface area contributed by atoms with Crippen LogP contribution in [-0.2, 0) is 9.47 Å². The molecule has 0 bridgehead atoms. The predicted octanol–water partition coefficient (Wildman–Crippen LogP) is 5.91. The van der Waals surface area contributed by atoms with Gasteiger partial charge in [0, 0.05) is 5.57 Å². The molecule has 2 saturated carbocycles. The topological polar surface area (TPSA) is 38.7 Å². The van der Waals surface area contributed by atoms with Gasteiger partial charge < -0.3 is 14.6 Å². The van der Waals surface area contributed by atoms with E-state index in [-0.39, 0.29) is 18.3 Å².